The Kier molecular flexibility index (Phi) is 2.98. The van der Waals surface area contributed by atoms with E-state index < -0.39 is 0 Å². The summed E-state index contributed by atoms with van der Waals surface area (Å²) in [5.74, 6) is 0.461. The molecule has 0 atom stereocenters. The third-order valence-electron chi connectivity index (χ3n) is 1.93. The van der Waals surface area contributed by atoms with Crippen LogP contribution in [0.4, 0.5) is 6.01 Å². The first-order valence-corrected chi connectivity index (χ1v) is 5.43. The van der Waals surface area contributed by atoms with Gasteiger partial charge >= 0.3 is 6.01 Å². The van der Waals surface area contributed by atoms with E-state index in [9.17, 15) is 0 Å². The van der Waals surface area contributed by atoms with E-state index in [1.807, 2.05) is 23.4 Å². The smallest absolute Gasteiger partial charge is 0.318 e. The van der Waals surface area contributed by atoms with Crippen LogP contribution < -0.4 is 10.6 Å². The van der Waals surface area contributed by atoms with Gasteiger partial charge in [-0.25, -0.2) is 0 Å². The first kappa shape index (κ1) is 10.1. The number of hydrogen-bond acceptors (Lipinski definition) is 6. The van der Waals surface area contributed by atoms with Crippen LogP contribution in [-0.4, -0.2) is 17.2 Å². The molecule has 5 nitrogen and oxygen atoms in total. The van der Waals surface area contributed by atoms with Crippen LogP contribution >= 0.6 is 11.3 Å². The second kappa shape index (κ2) is 4.41. The standard InChI is InChI=1S/C9H12N4OS/c1-13(6-7-3-2-4-15-7)9-12-11-8(5-10)14-9/h2-4H,5-6,10H2,1H3. The van der Waals surface area contributed by atoms with E-state index in [-0.39, 0.29) is 6.54 Å². The minimum atomic E-state index is 0.278. The van der Waals surface area contributed by atoms with Gasteiger partial charge in [0.1, 0.15) is 0 Å². The number of aromatic nitrogens is 2. The molecule has 2 rings (SSSR count). The van der Waals surface area contributed by atoms with E-state index in [0.29, 0.717) is 11.9 Å². The van der Waals surface area contributed by atoms with Crippen molar-refractivity contribution in [3.63, 3.8) is 0 Å². The fourth-order valence-corrected chi connectivity index (χ4v) is 1.94. The molecule has 0 fully saturated rings. The molecule has 0 aliphatic carbocycles. The molecule has 0 saturated carbocycles. The summed E-state index contributed by atoms with van der Waals surface area (Å²) in [6.45, 7) is 1.05. The zero-order chi connectivity index (χ0) is 10.7. The lowest BCUT2D eigenvalue weighted by Crippen LogP contribution is -2.15. The maximum Gasteiger partial charge on any atom is 0.318 e. The third kappa shape index (κ3) is 2.34. The average molecular weight is 224 g/mol. The van der Waals surface area contributed by atoms with Crippen molar-refractivity contribution in [2.45, 2.75) is 13.1 Å². The van der Waals surface area contributed by atoms with Crippen LogP contribution in [0.3, 0.4) is 0 Å². The molecular formula is C9H12N4OS. The summed E-state index contributed by atoms with van der Waals surface area (Å²) in [5.41, 5.74) is 5.39. The van der Waals surface area contributed by atoms with E-state index in [4.69, 9.17) is 10.2 Å². The predicted molar refractivity (Wildman–Crippen MR) is 58.6 cm³/mol. The van der Waals surface area contributed by atoms with Gasteiger partial charge in [-0.1, -0.05) is 11.2 Å². The predicted octanol–water partition coefficient (Wildman–Crippen LogP) is 1.23. The van der Waals surface area contributed by atoms with Crippen molar-refractivity contribution >= 4 is 17.4 Å². The van der Waals surface area contributed by atoms with Crippen molar-refractivity contribution in [1.82, 2.24) is 10.2 Å². The van der Waals surface area contributed by atoms with Crippen molar-refractivity contribution in [2.24, 2.45) is 5.73 Å². The zero-order valence-electron chi connectivity index (χ0n) is 8.38. The first-order chi connectivity index (χ1) is 7.29. The molecule has 0 unspecified atom stereocenters. The fourth-order valence-electron chi connectivity index (χ4n) is 1.19. The van der Waals surface area contributed by atoms with Crippen molar-refractivity contribution in [1.29, 1.82) is 0 Å². The average Bonchev–Trinajstić information content (AvgIpc) is 2.86. The number of thiophene rings is 1. The Morgan fingerprint density at radius 2 is 2.40 bits per heavy atom. The molecule has 0 radical (unpaired) electrons. The summed E-state index contributed by atoms with van der Waals surface area (Å²) >= 11 is 1.70. The molecule has 6 heteroatoms. The Balaban J connectivity index is 2.04. The van der Waals surface area contributed by atoms with Crippen molar-refractivity contribution < 1.29 is 4.42 Å². The lowest BCUT2D eigenvalue weighted by molar-refractivity contribution is 0.491. The number of rotatable bonds is 4. The van der Waals surface area contributed by atoms with Crippen LogP contribution in [0.1, 0.15) is 10.8 Å². The molecular weight excluding hydrogens is 212 g/mol. The second-order valence-electron chi connectivity index (χ2n) is 3.12. The van der Waals surface area contributed by atoms with Gasteiger partial charge in [0.15, 0.2) is 0 Å². The zero-order valence-corrected chi connectivity index (χ0v) is 9.20. The van der Waals surface area contributed by atoms with Gasteiger partial charge in [-0.05, 0) is 11.4 Å². The van der Waals surface area contributed by atoms with Crippen LogP contribution in [0.5, 0.6) is 0 Å². The van der Waals surface area contributed by atoms with Gasteiger partial charge in [0.2, 0.25) is 5.89 Å². The summed E-state index contributed by atoms with van der Waals surface area (Å²) in [5, 5.41) is 9.75. The topological polar surface area (TPSA) is 68.2 Å². The van der Waals surface area contributed by atoms with Crippen LogP contribution in [0.25, 0.3) is 0 Å². The molecule has 0 saturated heterocycles. The van der Waals surface area contributed by atoms with Crippen molar-refractivity contribution in [3.05, 3.63) is 28.3 Å². The highest BCUT2D eigenvalue weighted by Crippen LogP contribution is 2.16. The molecule has 0 amide bonds. The van der Waals surface area contributed by atoms with Gasteiger partial charge in [-0.15, -0.1) is 16.4 Å². The van der Waals surface area contributed by atoms with Gasteiger partial charge in [0.05, 0.1) is 13.1 Å². The van der Waals surface area contributed by atoms with Gasteiger partial charge in [-0.3, -0.25) is 0 Å². The molecule has 0 aliphatic heterocycles. The Labute approximate surface area is 91.5 Å². The normalized spacial score (nSPS) is 10.5. The van der Waals surface area contributed by atoms with Gasteiger partial charge in [0, 0.05) is 11.9 Å². The number of nitrogens with two attached hydrogens (primary N) is 1. The number of nitrogens with zero attached hydrogens (tertiary/aromatic N) is 3. The molecule has 0 aromatic carbocycles. The molecule has 0 spiro atoms. The molecule has 2 heterocycles. The molecule has 2 aromatic heterocycles. The van der Waals surface area contributed by atoms with E-state index in [1.54, 1.807) is 11.3 Å². The van der Waals surface area contributed by atoms with Crippen LogP contribution in [-0.2, 0) is 13.1 Å². The fraction of sp³-hybridized carbons (Fsp3) is 0.333. The Bertz CT molecular complexity index is 411. The van der Waals surface area contributed by atoms with E-state index in [2.05, 4.69) is 16.3 Å². The first-order valence-electron chi connectivity index (χ1n) is 4.55. The van der Waals surface area contributed by atoms with Gasteiger partial charge < -0.3 is 15.1 Å². The van der Waals surface area contributed by atoms with E-state index in [0.717, 1.165) is 6.54 Å². The molecule has 0 bridgehead atoms. The van der Waals surface area contributed by atoms with Gasteiger partial charge in [0.25, 0.3) is 0 Å². The summed E-state index contributed by atoms with van der Waals surface area (Å²) in [6.07, 6.45) is 0. The van der Waals surface area contributed by atoms with E-state index >= 15 is 0 Å². The van der Waals surface area contributed by atoms with Crippen LogP contribution in [0.15, 0.2) is 21.9 Å². The van der Waals surface area contributed by atoms with Crippen LogP contribution in [0.2, 0.25) is 0 Å². The summed E-state index contributed by atoms with van der Waals surface area (Å²) < 4.78 is 5.33. The lowest BCUT2D eigenvalue weighted by atomic mass is 10.4. The lowest BCUT2D eigenvalue weighted by Gasteiger charge is -2.11. The highest BCUT2D eigenvalue weighted by molar-refractivity contribution is 7.09. The molecule has 2 aromatic rings. The maximum absolute atomic E-state index is 5.39. The Hall–Kier alpha value is -1.40. The molecule has 80 valence electrons. The number of hydrogen-bond donors (Lipinski definition) is 1. The Morgan fingerprint density at radius 3 is 3.00 bits per heavy atom. The SMILES string of the molecule is CN(Cc1cccs1)c1nnc(CN)o1. The largest absolute Gasteiger partial charge is 0.407 e. The minimum absolute atomic E-state index is 0.278. The number of anilines is 1. The van der Waals surface area contributed by atoms with E-state index in [1.165, 1.54) is 4.88 Å². The highest BCUT2D eigenvalue weighted by Gasteiger charge is 2.10. The molecule has 15 heavy (non-hydrogen) atoms. The monoisotopic (exact) mass is 224 g/mol. The minimum Gasteiger partial charge on any atom is -0.407 e. The second-order valence-corrected chi connectivity index (χ2v) is 4.15. The summed E-state index contributed by atoms with van der Waals surface area (Å²) in [7, 11) is 1.91. The molecule has 2 N–H and O–H groups in total. The van der Waals surface area contributed by atoms with Gasteiger partial charge in [-0.2, -0.15) is 0 Å². The van der Waals surface area contributed by atoms with Crippen molar-refractivity contribution in [2.75, 3.05) is 11.9 Å². The Morgan fingerprint density at radius 1 is 1.53 bits per heavy atom. The summed E-state index contributed by atoms with van der Waals surface area (Å²) in [4.78, 5) is 3.16. The quantitative estimate of drug-likeness (QED) is 0.845. The highest BCUT2D eigenvalue weighted by atomic mass is 32.1. The van der Waals surface area contributed by atoms with Crippen molar-refractivity contribution in [3.8, 4) is 0 Å². The maximum atomic E-state index is 5.39. The summed E-state index contributed by atoms with van der Waals surface area (Å²) in [6, 6.07) is 4.60. The molecule has 0 aliphatic rings. The third-order valence-corrected chi connectivity index (χ3v) is 2.79. The van der Waals surface area contributed by atoms with Crippen LogP contribution in [0, 0.1) is 0 Å².